The maximum atomic E-state index is 12.2. The van der Waals surface area contributed by atoms with E-state index in [9.17, 15) is 35.4 Å². The average molecular weight is 519 g/mol. The normalized spacial score (nSPS) is 29.2. The summed E-state index contributed by atoms with van der Waals surface area (Å²) < 4.78 is 22.1. The fourth-order valence-corrected chi connectivity index (χ4v) is 4.95. The Balaban J connectivity index is 1.78. The molecule has 0 spiro atoms. The monoisotopic (exact) mass is 518 g/mol. The van der Waals surface area contributed by atoms with Crippen LogP contribution < -0.4 is 9.47 Å². The van der Waals surface area contributed by atoms with Crippen molar-refractivity contribution in [3.8, 4) is 23.0 Å². The Hall–Kier alpha value is -3.19. The largest absolute Gasteiger partial charge is 0.504 e. The van der Waals surface area contributed by atoms with E-state index < -0.39 is 49.1 Å². The SMILES string of the molecule is COc1cc(C2c3c(ccc(O)c3OC)C=C(C=O)C2COC2OC(CO)C(O)C(O)C2O)ccc1O. The van der Waals surface area contributed by atoms with Crippen LogP contribution in [0.5, 0.6) is 23.0 Å². The third-order valence-corrected chi connectivity index (χ3v) is 6.86. The summed E-state index contributed by atoms with van der Waals surface area (Å²) in [5.41, 5.74) is 2.12. The third-order valence-electron chi connectivity index (χ3n) is 6.86. The molecule has 7 unspecified atom stereocenters. The number of carbonyl (C=O) groups is 1. The second-order valence-electron chi connectivity index (χ2n) is 8.93. The number of ether oxygens (including phenoxy) is 4. The van der Waals surface area contributed by atoms with Crippen molar-refractivity contribution in [2.75, 3.05) is 27.4 Å². The molecule has 6 N–H and O–H groups in total. The minimum atomic E-state index is -1.63. The van der Waals surface area contributed by atoms with Crippen LogP contribution >= 0.6 is 0 Å². The van der Waals surface area contributed by atoms with Crippen molar-refractivity contribution in [3.05, 3.63) is 52.6 Å². The van der Waals surface area contributed by atoms with Crippen LogP contribution in [0.3, 0.4) is 0 Å². The number of phenolic OH excluding ortho intramolecular Hbond substituents is 2. The van der Waals surface area contributed by atoms with Gasteiger partial charge in [-0.2, -0.15) is 0 Å². The average Bonchev–Trinajstić information content (AvgIpc) is 2.91. The molecule has 0 bridgehead atoms. The molecule has 0 radical (unpaired) electrons. The summed E-state index contributed by atoms with van der Waals surface area (Å²) in [6, 6.07) is 7.79. The first-order valence-electron chi connectivity index (χ1n) is 11.6. The highest BCUT2D eigenvalue weighted by molar-refractivity contribution is 5.86. The van der Waals surface area contributed by atoms with E-state index in [-0.39, 0.29) is 29.6 Å². The van der Waals surface area contributed by atoms with Crippen molar-refractivity contribution < 1.29 is 54.4 Å². The van der Waals surface area contributed by atoms with Crippen molar-refractivity contribution in [1.29, 1.82) is 0 Å². The molecule has 4 rings (SSSR count). The topological polar surface area (TPSA) is 175 Å². The number of phenols is 2. The Morgan fingerprint density at radius 2 is 1.70 bits per heavy atom. The minimum Gasteiger partial charge on any atom is -0.504 e. The molecule has 1 fully saturated rings. The summed E-state index contributed by atoms with van der Waals surface area (Å²) in [5, 5.41) is 60.7. The lowest BCUT2D eigenvalue weighted by Crippen LogP contribution is -2.59. The lowest BCUT2D eigenvalue weighted by atomic mass is 9.71. The van der Waals surface area contributed by atoms with Crippen LogP contribution in [0.15, 0.2) is 35.9 Å². The number of methoxy groups -OCH3 is 2. The number of hydrogen-bond acceptors (Lipinski definition) is 11. The number of aromatic hydroxyl groups is 2. The quantitative estimate of drug-likeness (QED) is 0.265. The van der Waals surface area contributed by atoms with Gasteiger partial charge in [0.25, 0.3) is 0 Å². The van der Waals surface area contributed by atoms with Crippen molar-refractivity contribution in [2.45, 2.75) is 36.6 Å². The molecule has 2 aliphatic rings. The Labute approximate surface area is 212 Å². The number of benzene rings is 2. The summed E-state index contributed by atoms with van der Waals surface area (Å²) in [6.07, 6.45) is -5.05. The van der Waals surface area contributed by atoms with Crippen LogP contribution in [0, 0.1) is 5.92 Å². The van der Waals surface area contributed by atoms with Gasteiger partial charge < -0.3 is 49.6 Å². The minimum absolute atomic E-state index is 0.0922. The van der Waals surface area contributed by atoms with E-state index in [0.717, 1.165) is 0 Å². The summed E-state index contributed by atoms with van der Waals surface area (Å²) >= 11 is 0. The number of aldehydes is 1. The van der Waals surface area contributed by atoms with Gasteiger partial charge in [-0.15, -0.1) is 0 Å². The maximum absolute atomic E-state index is 12.2. The van der Waals surface area contributed by atoms with Crippen molar-refractivity contribution in [3.63, 3.8) is 0 Å². The molecule has 2 aromatic carbocycles. The van der Waals surface area contributed by atoms with E-state index in [2.05, 4.69) is 0 Å². The zero-order chi connectivity index (χ0) is 26.9. The molecule has 11 nitrogen and oxygen atoms in total. The van der Waals surface area contributed by atoms with Crippen LogP contribution in [0.1, 0.15) is 22.6 Å². The van der Waals surface area contributed by atoms with Gasteiger partial charge in [0, 0.05) is 17.4 Å². The molecule has 11 heteroatoms. The van der Waals surface area contributed by atoms with Crippen LogP contribution in [-0.4, -0.2) is 95.1 Å². The molecular weight excluding hydrogens is 488 g/mol. The van der Waals surface area contributed by atoms with E-state index >= 15 is 0 Å². The molecule has 7 atom stereocenters. The Bertz CT molecular complexity index is 1160. The summed E-state index contributed by atoms with van der Waals surface area (Å²) in [7, 11) is 2.80. The molecule has 200 valence electrons. The van der Waals surface area contributed by atoms with Crippen molar-refractivity contribution in [1.82, 2.24) is 0 Å². The number of rotatable bonds is 8. The highest BCUT2D eigenvalue weighted by Gasteiger charge is 2.45. The van der Waals surface area contributed by atoms with E-state index in [0.29, 0.717) is 28.5 Å². The maximum Gasteiger partial charge on any atom is 0.186 e. The molecule has 37 heavy (non-hydrogen) atoms. The van der Waals surface area contributed by atoms with Gasteiger partial charge in [-0.25, -0.2) is 0 Å². The van der Waals surface area contributed by atoms with Gasteiger partial charge in [-0.1, -0.05) is 12.1 Å². The lowest BCUT2D eigenvalue weighted by Gasteiger charge is -2.41. The van der Waals surface area contributed by atoms with E-state index in [1.807, 2.05) is 0 Å². The highest BCUT2D eigenvalue weighted by atomic mass is 16.7. The van der Waals surface area contributed by atoms with Crippen LogP contribution in [0.2, 0.25) is 0 Å². The molecule has 1 aliphatic carbocycles. The molecule has 1 aliphatic heterocycles. The summed E-state index contributed by atoms with van der Waals surface area (Å²) in [6.45, 7) is -0.827. The van der Waals surface area contributed by atoms with Gasteiger partial charge in [0.15, 0.2) is 29.3 Å². The summed E-state index contributed by atoms with van der Waals surface area (Å²) in [5.74, 6) is -1.19. The molecular formula is C26H30O11. The van der Waals surface area contributed by atoms with Crippen LogP contribution in [0.4, 0.5) is 0 Å². The molecule has 2 aromatic rings. The van der Waals surface area contributed by atoms with Gasteiger partial charge in [0.1, 0.15) is 30.7 Å². The number of aliphatic hydroxyl groups excluding tert-OH is 4. The molecule has 0 amide bonds. The van der Waals surface area contributed by atoms with Crippen LogP contribution in [0.25, 0.3) is 6.08 Å². The zero-order valence-electron chi connectivity index (χ0n) is 20.2. The Morgan fingerprint density at radius 3 is 2.35 bits per heavy atom. The fourth-order valence-electron chi connectivity index (χ4n) is 4.95. The van der Waals surface area contributed by atoms with Gasteiger partial charge >= 0.3 is 0 Å². The van der Waals surface area contributed by atoms with Crippen LogP contribution in [-0.2, 0) is 14.3 Å². The van der Waals surface area contributed by atoms with Crippen molar-refractivity contribution in [2.24, 2.45) is 5.92 Å². The van der Waals surface area contributed by atoms with Gasteiger partial charge in [-0.05, 0) is 41.0 Å². The predicted octanol–water partition coefficient (Wildman–Crippen LogP) is 0.275. The van der Waals surface area contributed by atoms with E-state index in [1.165, 1.54) is 26.4 Å². The van der Waals surface area contributed by atoms with Gasteiger partial charge in [0.2, 0.25) is 0 Å². The zero-order valence-corrected chi connectivity index (χ0v) is 20.2. The first-order valence-corrected chi connectivity index (χ1v) is 11.6. The number of hydrogen-bond donors (Lipinski definition) is 6. The standard InChI is InChI=1S/C26H30O11/c1-34-18-8-13(3-5-16(18)29)20-15(11-36-26-24(33)23(32)22(31)19(10-28)37-26)14(9-27)7-12-4-6-17(30)25(35-2)21(12)20/h3-9,15,19-20,22-24,26,28-33H,10-11H2,1-2H3. The molecule has 0 saturated carbocycles. The van der Waals surface area contributed by atoms with E-state index in [4.69, 9.17) is 18.9 Å². The van der Waals surface area contributed by atoms with Gasteiger partial charge in [0.05, 0.1) is 27.4 Å². The number of carbonyl (C=O) groups excluding carboxylic acids is 1. The number of aliphatic hydroxyl groups is 4. The second-order valence-corrected chi connectivity index (χ2v) is 8.93. The number of fused-ring (bicyclic) bond motifs is 1. The first kappa shape index (κ1) is 26.9. The van der Waals surface area contributed by atoms with Crippen molar-refractivity contribution >= 4 is 12.4 Å². The van der Waals surface area contributed by atoms with E-state index in [1.54, 1.807) is 24.3 Å². The lowest BCUT2D eigenvalue weighted by molar-refractivity contribution is -0.302. The first-order chi connectivity index (χ1) is 17.7. The highest BCUT2D eigenvalue weighted by Crippen LogP contribution is 2.50. The molecule has 0 aromatic heterocycles. The summed E-state index contributed by atoms with van der Waals surface area (Å²) in [4.78, 5) is 12.2. The predicted molar refractivity (Wildman–Crippen MR) is 128 cm³/mol. The third kappa shape index (κ3) is 4.89. The fraction of sp³-hybridized carbons (Fsp3) is 0.423. The smallest absolute Gasteiger partial charge is 0.186 e. The second kappa shape index (κ2) is 11.1. The van der Waals surface area contributed by atoms with Gasteiger partial charge in [-0.3, -0.25) is 4.79 Å². The molecule has 1 heterocycles. The Kier molecular flexibility index (Phi) is 8.02. The Morgan fingerprint density at radius 1 is 0.973 bits per heavy atom. The molecule has 1 saturated heterocycles.